The highest BCUT2D eigenvalue weighted by Gasteiger charge is 2.46. The number of hydrogen-bond donors (Lipinski definition) is 1. The third-order valence-corrected chi connectivity index (χ3v) is 8.29. The van der Waals surface area contributed by atoms with Gasteiger partial charge in [-0.3, -0.25) is 4.79 Å². The van der Waals surface area contributed by atoms with Gasteiger partial charge >= 0.3 is 5.97 Å². The second-order valence-electron chi connectivity index (χ2n) is 10.3. The van der Waals surface area contributed by atoms with Gasteiger partial charge in [0.2, 0.25) is 0 Å². The summed E-state index contributed by atoms with van der Waals surface area (Å²) in [6.07, 6.45) is 20.5. The maximum atomic E-state index is 11.1. The topological polar surface area (TPSA) is 61.1 Å². The molecule has 0 spiro atoms. The monoisotopic (exact) mass is 403 g/mol. The lowest BCUT2D eigenvalue weighted by Crippen LogP contribution is -2.43. The van der Waals surface area contributed by atoms with Crippen molar-refractivity contribution >= 4 is 5.97 Å². The molecule has 0 heterocycles. The quantitative estimate of drug-likeness (QED) is 0.339. The van der Waals surface area contributed by atoms with Gasteiger partial charge < -0.3 is 5.11 Å². The first-order chi connectivity index (χ1) is 14.0. The van der Waals surface area contributed by atoms with Crippen LogP contribution < -0.4 is 0 Å². The average Bonchev–Trinajstić information content (AvgIpc) is 2.74. The molecule has 2 fully saturated rings. The van der Waals surface area contributed by atoms with Gasteiger partial charge in [-0.25, -0.2) is 0 Å². The Morgan fingerprint density at radius 3 is 2.45 bits per heavy atom. The highest BCUT2D eigenvalue weighted by Crippen LogP contribution is 2.56. The molecule has 0 aromatic carbocycles. The number of aliphatic carboxylic acids is 1. The first kappa shape index (κ1) is 24.2. The van der Waals surface area contributed by atoms with Gasteiger partial charge in [0, 0.05) is 12.3 Å². The molecule has 0 bridgehead atoms. The molecule has 0 saturated heterocycles. The standard InChI is InChI=1S/C26H45NO2/c1-3-4-5-6-7-9-16-26(17-10-8-11-18-26)24-19-22(20-27)13-14-23(24)21(2)12-15-25(28)29/h21-24H,3-19H2,1-2H3,(H,28,29). The first-order valence-corrected chi connectivity index (χ1v) is 12.6. The third-order valence-electron chi connectivity index (χ3n) is 8.29. The zero-order valence-electron chi connectivity index (χ0n) is 19.1. The molecule has 3 heteroatoms. The van der Waals surface area contributed by atoms with Crippen LogP contribution in [0.1, 0.15) is 123 Å². The van der Waals surface area contributed by atoms with E-state index in [1.807, 2.05) is 0 Å². The van der Waals surface area contributed by atoms with Gasteiger partial charge in [0.15, 0.2) is 0 Å². The van der Waals surface area contributed by atoms with Crippen LogP contribution in [0, 0.1) is 40.4 Å². The van der Waals surface area contributed by atoms with Gasteiger partial charge in [-0.15, -0.1) is 0 Å². The van der Waals surface area contributed by atoms with E-state index in [1.165, 1.54) is 77.0 Å². The van der Waals surface area contributed by atoms with E-state index in [1.54, 1.807) is 0 Å². The minimum Gasteiger partial charge on any atom is -0.481 e. The van der Waals surface area contributed by atoms with E-state index < -0.39 is 5.97 Å². The van der Waals surface area contributed by atoms with Crippen LogP contribution in [0.5, 0.6) is 0 Å². The second kappa shape index (κ2) is 12.6. The van der Waals surface area contributed by atoms with Gasteiger partial charge in [0.25, 0.3) is 0 Å². The zero-order chi connectivity index (χ0) is 21.1. The van der Waals surface area contributed by atoms with Crippen molar-refractivity contribution in [3.05, 3.63) is 0 Å². The molecule has 0 aromatic rings. The Balaban J connectivity index is 2.09. The minimum atomic E-state index is -0.668. The molecule has 0 amide bonds. The van der Waals surface area contributed by atoms with Gasteiger partial charge in [-0.1, -0.05) is 71.6 Å². The number of carboxylic acids is 1. The van der Waals surface area contributed by atoms with Crippen molar-refractivity contribution < 1.29 is 9.90 Å². The van der Waals surface area contributed by atoms with Crippen molar-refractivity contribution in [1.29, 1.82) is 5.26 Å². The molecule has 0 aliphatic heterocycles. The fourth-order valence-corrected chi connectivity index (χ4v) is 6.58. The molecule has 4 atom stereocenters. The predicted octanol–water partition coefficient (Wildman–Crippen LogP) is 7.74. The van der Waals surface area contributed by atoms with Crippen LogP contribution in [0.4, 0.5) is 0 Å². The number of carbonyl (C=O) groups is 1. The SMILES string of the molecule is CCCCCCCCC1(C2CC(C#N)CCC2C(C)CCC(=O)O)CCCCC1. The van der Waals surface area contributed by atoms with Crippen LogP contribution >= 0.6 is 0 Å². The fraction of sp³-hybridized carbons (Fsp3) is 0.923. The third kappa shape index (κ3) is 7.30. The lowest BCUT2D eigenvalue weighted by molar-refractivity contribution is -0.137. The van der Waals surface area contributed by atoms with Crippen LogP contribution in [-0.2, 0) is 4.79 Å². The van der Waals surface area contributed by atoms with Gasteiger partial charge in [0.1, 0.15) is 0 Å². The number of carboxylic acid groups (broad SMARTS) is 1. The Morgan fingerprint density at radius 2 is 1.79 bits per heavy atom. The van der Waals surface area contributed by atoms with Crippen molar-refractivity contribution in [2.75, 3.05) is 0 Å². The largest absolute Gasteiger partial charge is 0.481 e. The molecule has 2 rings (SSSR count). The van der Waals surface area contributed by atoms with E-state index in [4.69, 9.17) is 5.11 Å². The highest BCUT2D eigenvalue weighted by molar-refractivity contribution is 5.66. The van der Waals surface area contributed by atoms with Crippen molar-refractivity contribution in [2.24, 2.45) is 29.1 Å². The van der Waals surface area contributed by atoms with Crippen LogP contribution in [0.25, 0.3) is 0 Å². The predicted molar refractivity (Wildman–Crippen MR) is 119 cm³/mol. The number of hydrogen-bond acceptors (Lipinski definition) is 2. The van der Waals surface area contributed by atoms with Crippen molar-refractivity contribution in [3.63, 3.8) is 0 Å². The van der Waals surface area contributed by atoms with Crippen molar-refractivity contribution in [3.8, 4) is 6.07 Å². The summed E-state index contributed by atoms with van der Waals surface area (Å²) in [4.78, 5) is 11.1. The molecule has 1 N–H and O–H groups in total. The molecular weight excluding hydrogens is 358 g/mol. The molecule has 2 aliphatic carbocycles. The number of nitrogens with zero attached hydrogens (tertiary/aromatic N) is 1. The summed E-state index contributed by atoms with van der Waals surface area (Å²) in [5.41, 5.74) is 0.417. The number of rotatable bonds is 12. The van der Waals surface area contributed by atoms with Crippen molar-refractivity contribution in [1.82, 2.24) is 0 Å². The Labute approximate surface area is 179 Å². The maximum absolute atomic E-state index is 11.1. The molecule has 166 valence electrons. The van der Waals surface area contributed by atoms with E-state index in [0.717, 1.165) is 25.7 Å². The summed E-state index contributed by atoms with van der Waals surface area (Å²) in [7, 11) is 0. The molecule has 2 saturated carbocycles. The molecule has 29 heavy (non-hydrogen) atoms. The number of nitriles is 1. The summed E-state index contributed by atoms with van der Waals surface area (Å²) in [6, 6.07) is 2.60. The van der Waals surface area contributed by atoms with E-state index in [9.17, 15) is 10.1 Å². The molecular formula is C26H45NO2. The summed E-state index contributed by atoms with van der Waals surface area (Å²) < 4.78 is 0. The molecule has 0 aromatic heterocycles. The van der Waals surface area contributed by atoms with Crippen molar-refractivity contribution in [2.45, 2.75) is 123 Å². The Kier molecular flexibility index (Phi) is 10.5. The van der Waals surface area contributed by atoms with Gasteiger partial charge in [-0.2, -0.15) is 5.26 Å². The lowest BCUT2D eigenvalue weighted by Gasteiger charge is -2.51. The van der Waals surface area contributed by atoms with Crippen LogP contribution in [0.3, 0.4) is 0 Å². The highest BCUT2D eigenvalue weighted by atomic mass is 16.4. The smallest absolute Gasteiger partial charge is 0.303 e. The zero-order valence-corrected chi connectivity index (χ0v) is 19.1. The van der Waals surface area contributed by atoms with Gasteiger partial charge in [-0.05, 0) is 68.1 Å². The fourth-order valence-electron chi connectivity index (χ4n) is 6.58. The average molecular weight is 404 g/mol. The summed E-state index contributed by atoms with van der Waals surface area (Å²) in [6.45, 7) is 4.56. The molecule has 4 unspecified atom stereocenters. The Morgan fingerprint density at radius 1 is 1.10 bits per heavy atom. The molecule has 2 aliphatic rings. The van der Waals surface area contributed by atoms with Crippen LogP contribution in [0.2, 0.25) is 0 Å². The second-order valence-corrected chi connectivity index (χ2v) is 10.3. The van der Waals surface area contributed by atoms with E-state index in [0.29, 0.717) is 23.2 Å². The summed E-state index contributed by atoms with van der Waals surface area (Å²) in [5.74, 6) is 1.24. The van der Waals surface area contributed by atoms with E-state index in [2.05, 4.69) is 19.9 Å². The first-order valence-electron chi connectivity index (χ1n) is 12.6. The van der Waals surface area contributed by atoms with E-state index >= 15 is 0 Å². The minimum absolute atomic E-state index is 0.214. The molecule has 0 radical (unpaired) electrons. The summed E-state index contributed by atoms with van der Waals surface area (Å²) in [5, 5.41) is 18.8. The summed E-state index contributed by atoms with van der Waals surface area (Å²) >= 11 is 0. The van der Waals surface area contributed by atoms with Crippen LogP contribution in [-0.4, -0.2) is 11.1 Å². The lowest BCUT2D eigenvalue weighted by atomic mass is 9.53. The number of unbranched alkanes of at least 4 members (excludes halogenated alkanes) is 5. The Bertz CT molecular complexity index is 517. The molecule has 3 nitrogen and oxygen atoms in total. The maximum Gasteiger partial charge on any atom is 0.303 e. The van der Waals surface area contributed by atoms with Crippen LogP contribution in [0.15, 0.2) is 0 Å². The normalized spacial score (nSPS) is 27.8. The Hall–Kier alpha value is -1.04. The van der Waals surface area contributed by atoms with Gasteiger partial charge in [0.05, 0.1) is 6.07 Å². The van der Waals surface area contributed by atoms with E-state index in [-0.39, 0.29) is 12.3 Å².